The molecule has 0 aliphatic carbocycles. The highest BCUT2D eigenvalue weighted by Gasteiger charge is 2.30. The van der Waals surface area contributed by atoms with Crippen molar-refractivity contribution in [2.45, 2.75) is 6.42 Å². The smallest absolute Gasteiger partial charge is 0.227 e. The number of rotatable bonds is 2. The minimum absolute atomic E-state index is 0.0759. The van der Waals surface area contributed by atoms with Gasteiger partial charge in [0.25, 0.3) is 0 Å². The number of hydrogen-bond acceptors (Lipinski definition) is 2. The van der Waals surface area contributed by atoms with Crippen LogP contribution in [-0.4, -0.2) is 24.2 Å². The van der Waals surface area contributed by atoms with Gasteiger partial charge in [-0.3, -0.25) is 4.79 Å². The van der Waals surface area contributed by atoms with E-state index in [-0.39, 0.29) is 18.4 Å². The zero-order valence-corrected chi connectivity index (χ0v) is 12.2. The van der Waals surface area contributed by atoms with Crippen LogP contribution in [0.2, 0.25) is 0 Å². The molecule has 1 atom stereocenters. The molecule has 16 heavy (non-hydrogen) atoms. The van der Waals surface area contributed by atoms with Crippen molar-refractivity contribution in [1.82, 2.24) is 0 Å². The first-order valence-electron chi connectivity index (χ1n) is 4.98. The number of aliphatic hydroxyl groups excluding tert-OH is 1. The fourth-order valence-electron chi connectivity index (χ4n) is 1.84. The third-order valence-electron chi connectivity index (χ3n) is 2.66. The van der Waals surface area contributed by atoms with Crippen molar-refractivity contribution in [3.63, 3.8) is 0 Å². The highest BCUT2D eigenvalue weighted by Crippen LogP contribution is 2.30. The summed E-state index contributed by atoms with van der Waals surface area (Å²) in [6, 6.07) is 5.84. The Morgan fingerprint density at radius 1 is 1.56 bits per heavy atom. The largest absolute Gasteiger partial charge is 0.396 e. The molecule has 86 valence electrons. The highest BCUT2D eigenvalue weighted by atomic mass is 127. The number of benzene rings is 1. The van der Waals surface area contributed by atoms with E-state index in [4.69, 9.17) is 5.11 Å². The van der Waals surface area contributed by atoms with Crippen molar-refractivity contribution in [2.75, 3.05) is 18.1 Å². The van der Waals surface area contributed by atoms with Gasteiger partial charge in [-0.1, -0.05) is 15.9 Å². The maximum absolute atomic E-state index is 11.8. The first-order valence-corrected chi connectivity index (χ1v) is 6.85. The first kappa shape index (κ1) is 12.3. The van der Waals surface area contributed by atoms with Crippen LogP contribution in [0.25, 0.3) is 0 Å². The molecule has 0 aromatic heterocycles. The number of amides is 1. The van der Waals surface area contributed by atoms with Gasteiger partial charge in [-0.05, 0) is 40.8 Å². The Morgan fingerprint density at radius 2 is 2.31 bits per heavy atom. The molecular weight excluding hydrogens is 385 g/mol. The Labute approximate surface area is 116 Å². The second-order valence-electron chi connectivity index (χ2n) is 3.85. The minimum Gasteiger partial charge on any atom is -0.396 e. The lowest BCUT2D eigenvalue weighted by Crippen LogP contribution is -2.25. The molecule has 1 aromatic rings. The highest BCUT2D eigenvalue weighted by molar-refractivity contribution is 14.1. The summed E-state index contributed by atoms with van der Waals surface area (Å²) < 4.78 is 2.05. The summed E-state index contributed by atoms with van der Waals surface area (Å²) in [6.07, 6.45) is 0.447. The van der Waals surface area contributed by atoms with E-state index in [1.807, 2.05) is 18.2 Å². The van der Waals surface area contributed by atoms with Crippen molar-refractivity contribution >= 4 is 50.1 Å². The molecule has 0 bridgehead atoms. The topological polar surface area (TPSA) is 40.5 Å². The molecule has 0 spiro atoms. The van der Waals surface area contributed by atoms with Gasteiger partial charge in [0.15, 0.2) is 0 Å². The molecule has 1 aliphatic heterocycles. The third kappa shape index (κ3) is 2.41. The number of nitrogens with zero attached hydrogens (tertiary/aromatic N) is 1. The maximum Gasteiger partial charge on any atom is 0.227 e. The van der Waals surface area contributed by atoms with Gasteiger partial charge in [0, 0.05) is 33.5 Å². The fraction of sp³-hybridized carbons (Fsp3) is 0.364. The Morgan fingerprint density at radius 3 is 2.88 bits per heavy atom. The average molecular weight is 396 g/mol. The SMILES string of the molecule is O=C1CC(CO)CN1c1ccc(Br)cc1I. The van der Waals surface area contributed by atoms with Crippen LogP contribution in [-0.2, 0) is 4.79 Å². The van der Waals surface area contributed by atoms with Crippen LogP contribution in [0.1, 0.15) is 6.42 Å². The predicted octanol–water partition coefficient (Wildman–Crippen LogP) is 2.40. The summed E-state index contributed by atoms with van der Waals surface area (Å²) in [6.45, 7) is 0.697. The molecule has 1 aromatic carbocycles. The van der Waals surface area contributed by atoms with Crippen LogP contribution in [0, 0.1) is 9.49 Å². The summed E-state index contributed by atoms with van der Waals surface area (Å²) >= 11 is 5.62. The lowest BCUT2D eigenvalue weighted by atomic mass is 10.1. The monoisotopic (exact) mass is 395 g/mol. The first-order chi connectivity index (χ1) is 7.61. The van der Waals surface area contributed by atoms with Gasteiger partial charge in [-0.25, -0.2) is 0 Å². The van der Waals surface area contributed by atoms with Crippen LogP contribution in [0.15, 0.2) is 22.7 Å². The van der Waals surface area contributed by atoms with Crippen LogP contribution in [0.3, 0.4) is 0 Å². The summed E-state index contributed by atoms with van der Waals surface area (Å²) in [5, 5.41) is 9.07. The molecule has 1 fully saturated rings. The summed E-state index contributed by atoms with van der Waals surface area (Å²) in [4.78, 5) is 13.5. The lowest BCUT2D eigenvalue weighted by molar-refractivity contribution is -0.117. The predicted molar refractivity (Wildman–Crippen MR) is 74.4 cm³/mol. The average Bonchev–Trinajstić information content (AvgIpc) is 2.60. The Kier molecular flexibility index (Phi) is 3.86. The van der Waals surface area contributed by atoms with Gasteiger partial charge >= 0.3 is 0 Å². The van der Waals surface area contributed by atoms with E-state index in [0.717, 1.165) is 13.7 Å². The Balaban J connectivity index is 2.28. The van der Waals surface area contributed by atoms with Crippen LogP contribution in [0.4, 0.5) is 5.69 Å². The summed E-state index contributed by atoms with van der Waals surface area (Å²) in [5.74, 6) is 0.172. The number of carbonyl (C=O) groups excluding carboxylic acids is 1. The zero-order chi connectivity index (χ0) is 11.7. The van der Waals surface area contributed by atoms with Gasteiger partial charge in [0.2, 0.25) is 5.91 Å². The Hall–Kier alpha value is -0.140. The third-order valence-corrected chi connectivity index (χ3v) is 4.02. The summed E-state index contributed by atoms with van der Waals surface area (Å²) in [7, 11) is 0. The molecule has 0 saturated carbocycles. The standard InChI is InChI=1S/C11H11BrINO2/c12-8-1-2-10(9(13)4-8)14-5-7(6-15)3-11(14)16/h1-2,4,7,15H,3,5-6H2. The quantitative estimate of drug-likeness (QED) is 0.781. The van der Waals surface area contributed by atoms with Gasteiger partial charge in [-0.2, -0.15) is 0 Å². The molecule has 2 rings (SSSR count). The molecule has 1 aliphatic rings. The van der Waals surface area contributed by atoms with E-state index < -0.39 is 0 Å². The van der Waals surface area contributed by atoms with Crippen molar-refractivity contribution in [3.8, 4) is 0 Å². The maximum atomic E-state index is 11.8. The van der Waals surface area contributed by atoms with Gasteiger partial charge in [0.05, 0.1) is 5.69 Å². The lowest BCUT2D eigenvalue weighted by Gasteiger charge is -2.18. The van der Waals surface area contributed by atoms with Crippen LogP contribution >= 0.6 is 38.5 Å². The number of carbonyl (C=O) groups is 1. The zero-order valence-electron chi connectivity index (χ0n) is 8.49. The van der Waals surface area contributed by atoms with E-state index in [1.54, 1.807) is 4.90 Å². The van der Waals surface area contributed by atoms with E-state index in [9.17, 15) is 4.79 Å². The molecule has 3 nitrogen and oxygen atoms in total. The second kappa shape index (κ2) is 5.01. The van der Waals surface area contributed by atoms with Crippen molar-refractivity contribution in [2.24, 2.45) is 5.92 Å². The minimum atomic E-state index is 0.0759. The van der Waals surface area contributed by atoms with Crippen LogP contribution < -0.4 is 4.90 Å². The molecule has 1 N–H and O–H groups in total. The van der Waals surface area contributed by atoms with Gasteiger partial charge in [-0.15, -0.1) is 0 Å². The normalized spacial score (nSPS) is 20.6. The molecule has 0 radical (unpaired) electrons. The molecule has 1 heterocycles. The van der Waals surface area contributed by atoms with E-state index >= 15 is 0 Å². The number of hydrogen-bond donors (Lipinski definition) is 1. The van der Waals surface area contributed by atoms with Gasteiger partial charge < -0.3 is 10.0 Å². The molecule has 1 unspecified atom stereocenters. The molecule has 1 amide bonds. The van der Waals surface area contributed by atoms with Crippen molar-refractivity contribution in [3.05, 3.63) is 26.2 Å². The fourth-order valence-corrected chi connectivity index (χ4v) is 3.43. The number of aliphatic hydroxyl groups is 1. The number of halogens is 2. The van der Waals surface area contributed by atoms with E-state index in [2.05, 4.69) is 38.5 Å². The van der Waals surface area contributed by atoms with Gasteiger partial charge in [0.1, 0.15) is 0 Å². The second-order valence-corrected chi connectivity index (χ2v) is 5.93. The molecule has 5 heteroatoms. The van der Waals surface area contributed by atoms with Crippen molar-refractivity contribution in [1.29, 1.82) is 0 Å². The number of anilines is 1. The van der Waals surface area contributed by atoms with E-state index in [1.165, 1.54) is 0 Å². The molecule has 1 saturated heterocycles. The van der Waals surface area contributed by atoms with E-state index in [0.29, 0.717) is 13.0 Å². The van der Waals surface area contributed by atoms with Crippen LogP contribution in [0.5, 0.6) is 0 Å². The molecular formula is C11H11BrINO2. The van der Waals surface area contributed by atoms with Crippen molar-refractivity contribution < 1.29 is 9.90 Å². The summed E-state index contributed by atoms with van der Waals surface area (Å²) in [5.41, 5.74) is 0.935. The Bertz CT molecular complexity index is 424.